The van der Waals surface area contributed by atoms with Crippen LogP contribution in [0.4, 0.5) is 0 Å². The van der Waals surface area contributed by atoms with Crippen molar-refractivity contribution in [2.45, 2.75) is 46.7 Å². The van der Waals surface area contributed by atoms with Crippen LogP contribution in [-0.4, -0.2) is 16.3 Å². The molecule has 1 heterocycles. The Bertz CT molecular complexity index is 278. The van der Waals surface area contributed by atoms with E-state index in [2.05, 4.69) is 42.8 Å². The normalized spacial score (nSPS) is 13.1. The highest BCUT2D eigenvalue weighted by Crippen LogP contribution is 2.16. The van der Waals surface area contributed by atoms with Gasteiger partial charge in [0.05, 0.1) is 6.20 Å². The van der Waals surface area contributed by atoms with E-state index >= 15 is 0 Å². The predicted molar refractivity (Wildman–Crippen MR) is 59.3 cm³/mol. The highest BCUT2D eigenvalue weighted by atomic mass is 15.3. The van der Waals surface area contributed by atoms with Crippen LogP contribution in [0.1, 0.15) is 44.5 Å². The van der Waals surface area contributed by atoms with Gasteiger partial charge in [0.1, 0.15) is 0 Å². The number of hydrogen-bond donors (Lipinski definition) is 1. The Morgan fingerprint density at radius 1 is 1.50 bits per heavy atom. The third-order valence-corrected chi connectivity index (χ3v) is 2.55. The molecule has 1 aromatic heterocycles. The molecule has 1 unspecified atom stereocenters. The van der Waals surface area contributed by atoms with Crippen molar-refractivity contribution < 1.29 is 0 Å². The number of hydrogen-bond acceptors (Lipinski definition) is 2. The van der Waals surface area contributed by atoms with Crippen molar-refractivity contribution in [3.63, 3.8) is 0 Å². The SMILES string of the molecule is CCCn1ncc(C(C)NCC)c1C. The van der Waals surface area contributed by atoms with Crippen molar-refractivity contribution >= 4 is 0 Å². The van der Waals surface area contributed by atoms with Gasteiger partial charge in [0.25, 0.3) is 0 Å². The minimum absolute atomic E-state index is 0.408. The van der Waals surface area contributed by atoms with Crippen LogP contribution >= 0.6 is 0 Å². The number of rotatable bonds is 5. The molecule has 0 aromatic carbocycles. The Labute approximate surface area is 86.5 Å². The number of aromatic nitrogens is 2. The summed E-state index contributed by atoms with van der Waals surface area (Å²) >= 11 is 0. The second-order valence-electron chi connectivity index (χ2n) is 3.69. The molecule has 0 fully saturated rings. The average molecular weight is 195 g/mol. The Kier molecular flexibility index (Phi) is 4.14. The van der Waals surface area contributed by atoms with Gasteiger partial charge in [-0.1, -0.05) is 13.8 Å². The summed E-state index contributed by atoms with van der Waals surface area (Å²) in [6, 6.07) is 0.408. The largest absolute Gasteiger partial charge is 0.310 e. The Morgan fingerprint density at radius 2 is 2.21 bits per heavy atom. The van der Waals surface area contributed by atoms with Gasteiger partial charge in [0.2, 0.25) is 0 Å². The Hall–Kier alpha value is -0.830. The summed E-state index contributed by atoms with van der Waals surface area (Å²) in [5.74, 6) is 0. The summed E-state index contributed by atoms with van der Waals surface area (Å²) in [5, 5.41) is 7.79. The topological polar surface area (TPSA) is 29.9 Å². The molecule has 0 amide bonds. The fraction of sp³-hybridized carbons (Fsp3) is 0.727. The lowest BCUT2D eigenvalue weighted by Crippen LogP contribution is -2.18. The molecule has 0 aliphatic carbocycles. The van der Waals surface area contributed by atoms with Gasteiger partial charge >= 0.3 is 0 Å². The Morgan fingerprint density at radius 3 is 2.79 bits per heavy atom. The van der Waals surface area contributed by atoms with E-state index in [0.29, 0.717) is 6.04 Å². The minimum atomic E-state index is 0.408. The molecule has 0 aliphatic heterocycles. The van der Waals surface area contributed by atoms with Crippen molar-refractivity contribution in [3.05, 3.63) is 17.5 Å². The predicted octanol–water partition coefficient (Wildman–Crippen LogP) is 2.27. The second-order valence-corrected chi connectivity index (χ2v) is 3.69. The summed E-state index contributed by atoms with van der Waals surface area (Å²) in [6.45, 7) is 10.6. The molecule has 1 aromatic rings. The third-order valence-electron chi connectivity index (χ3n) is 2.55. The van der Waals surface area contributed by atoms with E-state index < -0.39 is 0 Å². The first kappa shape index (κ1) is 11.2. The molecule has 0 bridgehead atoms. The van der Waals surface area contributed by atoms with Gasteiger partial charge in [-0.15, -0.1) is 0 Å². The van der Waals surface area contributed by atoms with Gasteiger partial charge in [-0.05, 0) is 26.8 Å². The van der Waals surface area contributed by atoms with Crippen LogP contribution in [0, 0.1) is 6.92 Å². The van der Waals surface area contributed by atoms with Crippen LogP contribution in [-0.2, 0) is 6.54 Å². The summed E-state index contributed by atoms with van der Waals surface area (Å²) in [6.07, 6.45) is 3.12. The van der Waals surface area contributed by atoms with Gasteiger partial charge in [-0.25, -0.2) is 0 Å². The zero-order chi connectivity index (χ0) is 10.6. The van der Waals surface area contributed by atoms with Crippen LogP contribution in [0.3, 0.4) is 0 Å². The molecule has 1 N–H and O–H groups in total. The minimum Gasteiger partial charge on any atom is -0.310 e. The number of nitrogens with zero attached hydrogens (tertiary/aromatic N) is 2. The van der Waals surface area contributed by atoms with E-state index in [1.807, 2.05) is 6.20 Å². The average Bonchev–Trinajstić information content (AvgIpc) is 2.49. The van der Waals surface area contributed by atoms with Crippen molar-refractivity contribution in [1.82, 2.24) is 15.1 Å². The van der Waals surface area contributed by atoms with Crippen LogP contribution in [0.25, 0.3) is 0 Å². The lowest BCUT2D eigenvalue weighted by Gasteiger charge is -2.12. The lowest BCUT2D eigenvalue weighted by atomic mass is 10.1. The molecule has 0 radical (unpaired) electrons. The lowest BCUT2D eigenvalue weighted by molar-refractivity contribution is 0.571. The van der Waals surface area contributed by atoms with Crippen molar-refractivity contribution in [2.75, 3.05) is 6.54 Å². The molecule has 0 aliphatic rings. The van der Waals surface area contributed by atoms with Crippen LogP contribution in [0.15, 0.2) is 6.20 Å². The molecule has 80 valence electrons. The molecule has 1 rings (SSSR count). The van der Waals surface area contributed by atoms with Crippen LogP contribution in [0.2, 0.25) is 0 Å². The molecule has 0 spiro atoms. The summed E-state index contributed by atoms with van der Waals surface area (Å²) in [5.41, 5.74) is 2.61. The van der Waals surface area contributed by atoms with E-state index in [1.54, 1.807) is 0 Å². The zero-order valence-corrected chi connectivity index (χ0v) is 9.67. The summed E-state index contributed by atoms with van der Waals surface area (Å²) in [7, 11) is 0. The van der Waals surface area contributed by atoms with Crippen molar-refractivity contribution in [2.24, 2.45) is 0 Å². The fourth-order valence-corrected chi connectivity index (χ4v) is 1.74. The molecular formula is C11H21N3. The highest BCUT2D eigenvalue weighted by Gasteiger charge is 2.11. The number of aryl methyl sites for hydroxylation is 1. The van der Waals surface area contributed by atoms with Gasteiger partial charge in [0, 0.05) is 23.8 Å². The monoisotopic (exact) mass is 195 g/mol. The van der Waals surface area contributed by atoms with E-state index in [-0.39, 0.29) is 0 Å². The van der Waals surface area contributed by atoms with Crippen molar-refractivity contribution in [3.8, 4) is 0 Å². The maximum absolute atomic E-state index is 4.39. The maximum atomic E-state index is 4.39. The van der Waals surface area contributed by atoms with Crippen LogP contribution in [0.5, 0.6) is 0 Å². The first-order valence-electron chi connectivity index (χ1n) is 5.46. The smallest absolute Gasteiger partial charge is 0.0540 e. The molecular weight excluding hydrogens is 174 g/mol. The first-order chi connectivity index (χ1) is 6.70. The quantitative estimate of drug-likeness (QED) is 0.781. The van der Waals surface area contributed by atoms with Gasteiger partial charge in [-0.3, -0.25) is 4.68 Å². The standard InChI is InChI=1S/C11H21N3/c1-5-7-14-10(4)11(8-13-14)9(3)12-6-2/h8-9,12H,5-7H2,1-4H3. The van der Waals surface area contributed by atoms with E-state index in [9.17, 15) is 0 Å². The van der Waals surface area contributed by atoms with Gasteiger partial charge < -0.3 is 5.32 Å². The first-order valence-corrected chi connectivity index (χ1v) is 5.46. The van der Waals surface area contributed by atoms with Gasteiger partial charge in [-0.2, -0.15) is 5.10 Å². The van der Waals surface area contributed by atoms with E-state index in [4.69, 9.17) is 0 Å². The zero-order valence-electron chi connectivity index (χ0n) is 9.67. The molecule has 0 saturated heterocycles. The molecule has 0 saturated carbocycles. The molecule has 14 heavy (non-hydrogen) atoms. The van der Waals surface area contributed by atoms with Crippen LogP contribution < -0.4 is 5.32 Å². The number of nitrogens with one attached hydrogen (secondary N) is 1. The second kappa shape index (κ2) is 5.15. The summed E-state index contributed by atoms with van der Waals surface area (Å²) < 4.78 is 2.09. The third kappa shape index (κ3) is 2.35. The Balaban J connectivity index is 2.77. The molecule has 3 heteroatoms. The molecule has 3 nitrogen and oxygen atoms in total. The van der Waals surface area contributed by atoms with E-state index in [1.165, 1.54) is 11.3 Å². The van der Waals surface area contributed by atoms with Crippen molar-refractivity contribution in [1.29, 1.82) is 0 Å². The fourth-order valence-electron chi connectivity index (χ4n) is 1.74. The maximum Gasteiger partial charge on any atom is 0.0540 e. The summed E-state index contributed by atoms with van der Waals surface area (Å²) in [4.78, 5) is 0. The van der Waals surface area contributed by atoms with Gasteiger partial charge in [0.15, 0.2) is 0 Å². The molecule has 1 atom stereocenters. The van der Waals surface area contributed by atoms with E-state index in [0.717, 1.165) is 19.5 Å². The highest BCUT2D eigenvalue weighted by molar-refractivity contribution is 5.19.